The fraction of sp³-hybridized carbons (Fsp3) is 0.526. The summed E-state index contributed by atoms with van der Waals surface area (Å²) < 4.78 is 5.69. The van der Waals surface area contributed by atoms with Crippen molar-refractivity contribution in [2.75, 3.05) is 13.1 Å². The predicted molar refractivity (Wildman–Crippen MR) is 94.7 cm³/mol. The molecular formula is C19H26N4O2. The van der Waals surface area contributed by atoms with Crippen molar-refractivity contribution < 1.29 is 9.21 Å². The second-order valence-electron chi connectivity index (χ2n) is 6.62. The van der Waals surface area contributed by atoms with Crippen molar-refractivity contribution in [1.29, 1.82) is 0 Å². The van der Waals surface area contributed by atoms with Crippen molar-refractivity contribution in [3.8, 4) is 0 Å². The van der Waals surface area contributed by atoms with Crippen molar-refractivity contribution in [3.05, 3.63) is 47.9 Å². The first-order valence-corrected chi connectivity index (χ1v) is 8.93. The number of aryl methyl sites for hydroxylation is 1. The molecule has 3 rings (SSSR count). The Balaban J connectivity index is 1.66. The van der Waals surface area contributed by atoms with Crippen molar-refractivity contribution in [3.63, 3.8) is 0 Å². The van der Waals surface area contributed by atoms with E-state index in [0.717, 1.165) is 31.7 Å². The molecule has 2 aromatic heterocycles. The monoisotopic (exact) mass is 342 g/mol. The van der Waals surface area contributed by atoms with Crippen LogP contribution in [0.1, 0.15) is 50.4 Å². The molecular weight excluding hydrogens is 316 g/mol. The highest BCUT2D eigenvalue weighted by molar-refractivity contribution is 5.73. The Kier molecular flexibility index (Phi) is 5.48. The third-order valence-corrected chi connectivity index (χ3v) is 5.01. The van der Waals surface area contributed by atoms with Crippen molar-refractivity contribution >= 4 is 5.91 Å². The second-order valence-corrected chi connectivity index (χ2v) is 6.62. The number of hydrogen-bond acceptors (Lipinski definition) is 5. The molecule has 134 valence electrons. The first-order valence-electron chi connectivity index (χ1n) is 8.93. The summed E-state index contributed by atoms with van der Waals surface area (Å²) in [6, 6.07) is 4.55. The fourth-order valence-corrected chi connectivity index (χ4v) is 3.44. The van der Waals surface area contributed by atoms with Crippen molar-refractivity contribution in [1.82, 2.24) is 19.8 Å². The summed E-state index contributed by atoms with van der Waals surface area (Å²) in [5.41, 5.74) is 1.21. The Morgan fingerprint density at radius 3 is 2.96 bits per heavy atom. The number of nitrogens with zero attached hydrogens (tertiary/aromatic N) is 4. The maximum atomic E-state index is 12.2. The van der Waals surface area contributed by atoms with Crippen LogP contribution in [-0.2, 0) is 17.8 Å². The van der Waals surface area contributed by atoms with E-state index in [1.54, 1.807) is 19.3 Å². The molecule has 0 radical (unpaired) electrons. The van der Waals surface area contributed by atoms with Crippen LogP contribution in [0.5, 0.6) is 0 Å². The Morgan fingerprint density at radius 2 is 2.32 bits per heavy atom. The largest absolute Gasteiger partial charge is 0.444 e. The van der Waals surface area contributed by atoms with Crippen LogP contribution < -0.4 is 0 Å². The second kappa shape index (κ2) is 7.78. The summed E-state index contributed by atoms with van der Waals surface area (Å²) >= 11 is 0. The number of rotatable bonds is 6. The van der Waals surface area contributed by atoms with Gasteiger partial charge in [-0.25, -0.2) is 4.98 Å². The number of hydrogen-bond donors (Lipinski definition) is 0. The lowest BCUT2D eigenvalue weighted by molar-refractivity contribution is -0.132. The van der Waals surface area contributed by atoms with Crippen LogP contribution in [0.3, 0.4) is 0 Å². The van der Waals surface area contributed by atoms with Gasteiger partial charge in [-0.2, -0.15) is 0 Å². The quantitative estimate of drug-likeness (QED) is 0.808. The molecule has 0 aliphatic carbocycles. The molecule has 1 aliphatic rings. The fourth-order valence-electron chi connectivity index (χ4n) is 3.44. The summed E-state index contributed by atoms with van der Waals surface area (Å²) in [7, 11) is 0. The molecule has 0 unspecified atom stereocenters. The Bertz CT molecular complexity index is 700. The summed E-state index contributed by atoms with van der Waals surface area (Å²) in [4.78, 5) is 25.0. The molecule has 6 nitrogen and oxygen atoms in total. The molecule has 0 aromatic carbocycles. The van der Waals surface area contributed by atoms with E-state index in [-0.39, 0.29) is 11.9 Å². The van der Waals surface area contributed by atoms with Crippen molar-refractivity contribution in [2.45, 2.75) is 52.2 Å². The molecule has 1 fully saturated rings. The summed E-state index contributed by atoms with van der Waals surface area (Å²) in [6.45, 7) is 8.11. The number of likely N-dealkylation sites (tertiary alicyclic amines) is 1. The van der Waals surface area contributed by atoms with Crippen LogP contribution in [0.4, 0.5) is 0 Å². The SMILES string of the molecule is CCc1cnc(CN(C(C)=O)[C@H]2CCN([C@H](C)c3cccnc3)C2)o1. The molecule has 2 atom stereocenters. The van der Waals surface area contributed by atoms with E-state index in [2.05, 4.69) is 27.9 Å². The van der Waals surface area contributed by atoms with Crippen LogP contribution in [0.15, 0.2) is 35.1 Å². The maximum Gasteiger partial charge on any atom is 0.220 e. The topological polar surface area (TPSA) is 62.5 Å². The first-order chi connectivity index (χ1) is 12.1. The van der Waals surface area contributed by atoms with E-state index in [4.69, 9.17) is 4.42 Å². The van der Waals surface area contributed by atoms with Crippen molar-refractivity contribution in [2.24, 2.45) is 0 Å². The minimum Gasteiger partial charge on any atom is -0.444 e. The van der Waals surface area contributed by atoms with E-state index in [9.17, 15) is 4.79 Å². The molecule has 0 saturated carbocycles. The van der Waals surface area contributed by atoms with Gasteiger partial charge in [0.25, 0.3) is 0 Å². The van der Waals surface area contributed by atoms with E-state index < -0.39 is 0 Å². The number of carbonyl (C=O) groups excluding carboxylic acids is 1. The Labute approximate surface area is 148 Å². The van der Waals surface area contributed by atoms with Crippen LogP contribution in [0, 0.1) is 0 Å². The number of amides is 1. The highest BCUT2D eigenvalue weighted by Crippen LogP contribution is 2.27. The minimum absolute atomic E-state index is 0.0668. The smallest absolute Gasteiger partial charge is 0.220 e. The maximum absolute atomic E-state index is 12.2. The number of carbonyl (C=O) groups is 1. The van der Waals surface area contributed by atoms with Gasteiger partial charge in [0.1, 0.15) is 5.76 Å². The molecule has 0 bridgehead atoms. The predicted octanol–water partition coefficient (Wildman–Crippen LogP) is 2.82. The highest BCUT2D eigenvalue weighted by atomic mass is 16.4. The number of pyridine rings is 1. The van der Waals surface area contributed by atoms with E-state index >= 15 is 0 Å². The number of aromatic nitrogens is 2. The van der Waals surface area contributed by atoms with Crippen LogP contribution in [0.2, 0.25) is 0 Å². The highest BCUT2D eigenvalue weighted by Gasteiger charge is 2.32. The lowest BCUT2D eigenvalue weighted by Gasteiger charge is -2.29. The van der Waals surface area contributed by atoms with E-state index in [1.165, 1.54) is 5.56 Å². The molecule has 6 heteroatoms. The van der Waals surface area contributed by atoms with Gasteiger partial charge in [0, 0.05) is 50.9 Å². The Morgan fingerprint density at radius 1 is 1.48 bits per heavy atom. The third-order valence-electron chi connectivity index (χ3n) is 5.01. The van der Waals surface area contributed by atoms with Gasteiger partial charge in [0.15, 0.2) is 0 Å². The van der Waals surface area contributed by atoms with Crippen LogP contribution in [-0.4, -0.2) is 44.8 Å². The zero-order chi connectivity index (χ0) is 17.8. The average Bonchev–Trinajstić information content (AvgIpc) is 3.29. The van der Waals surface area contributed by atoms with E-state index in [0.29, 0.717) is 18.5 Å². The van der Waals surface area contributed by atoms with Crippen LogP contribution in [0.25, 0.3) is 0 Å². The zero-order valence-electron chi connectivity index (χ0n) is 15.2. The first kappa shape index (κ1) is 17.6. The van der Waals surface area contributed by atoms with Crippen LogP contribution >= 0.6 is 0 Å². The van der Waals surface area contributed by atoms with Gasteiger partial charge in [-0.1, -0.05) is 13.0 Å². The zero-order valence-corrected chi connectivity index (χ0v) is 15.2. The average molecular weight is 342 g/mol. The minimum atomic E-state index is 0.0668. The number of oxazole rings is 1. The molecule has 1 aliphatic heterocycles. The lowest BCUT2D eigenvalue weighted by atomic mass is 10.1. The molecule has 25 heavy (non-hydrogen) atoms. The van der Waals surface area contributed by atoms with Gasteiger partial charge in [-0.15, -0.1) is 0 Å². The standard InChI is InChI=1S/C19H26N4O2/c1-4-18-11-21-19(25-18)13-23(15(3)24)17-7-9-22(12-17)14(2)16-6-5-8-20-10-16/h5-6,8,10-11,14,17H,4,7,9,12-13H2,1-3H3/t14-,17+/m1/s1. The molecule has 0 spiro atoms. The summed E-state index contributed by atoms with van der Waals surface area (Å²) in [5.74, 6) is 1.54. The van der Waals surface area contributed by atoms with Gasteiger partial charge in [-0.05, 0) is 25.0 Å². The van der Waals surface area contributed by atoms with Gasteiger partial charge in [-0.3, -0.25) is 14.7 Å². The Hall–Kier alpha value is -2.21. The molecule has 0 N–H and O–H groups in total. The summed E-state index contributed by atoms with van der Waals surface area (Å²) in [5, 5.41) is 0. The molecule has 1 saturated heterocycles. The normalized spacial score (nSPS) is 19.1. The van der Waals surface area contributed by atoms with Gasteiger partial charge in [0.05, 0.1) is 12.7 Å². The van der Waals surface area contributed by atoms with Gasteiger partial charge >= 0.3 is 0 Å². The molecule has 3 heterocycles. The van der Waals surface area contributed by atoms with E-state index in [1.807, 2.05) is 24.1 Å². The molecule has 1 amide bonds. The lowest BCUT2D eigenvalue weighted by Crippen LogP contribution is -2.40. The summed E-state index contributed by atoms with van der Waals surface area (Å²) in [6.07, 6.45) is 7.23. The third kappa shape index (κ3) is 4.07. The van der Waals surface area contributed by atoms with Gasteiger partial charge < -0.3 is 9.32 Å². The molecule has 2 aromatic rings. The van der Waals surface area contributed by atoms with Gasteiger partial charge in [0.2, 0.25) is 11.8 Å².